The number of amides is 1. The van der Waals surface area contributed by atoms with Crippen molar-refractivity contribution in [2.75, 3.05) is 13.1 Å². The molecule has 1 saturated heterocycles. The van der Waals surface area contributed by atoms with E-state index < -0.39 is 17.3 Å². The summed E-state index contributed by atoms with van der Waals surface area (Å²) in [5, 5.41) is 28.5. The molecule has 114 valence electrons. The van der Waals surface area contributed by atoms with Gasteiger partial charge in [-0.15, -0.1) is 0 Å². The fourth-order valence-electron chi connectivity index (χ4n) is 2.79. The lowest BCUT2D eigenvalue weighted by Gasteiger charge is -2.39. The van der Waals surface area contributed by atoms with Gasteiger partial charge in [0.1, 0.15) is 11.5 Å². The second kappa shape index (κ2) is 5.63. The maximum atomic E-state index is 12.4. The van der Waals surface area contributed by atoms with Crippen LogP contribution in [0.4, 0.5) is 0 Å². The number of carbonyl (C=O) groups is 2. The summed E-state index contributed by atoms with van der Waals surface area (Å²) in [6.07, 6.45) is 1.61. The number of aromatic hydroxyl groups is 2. The summed E-state index contributed by atoms with van der Waals surface area (Å²) >= 11 is 0. The minimum atomic E-state index is -0.916. The van der Waals surface area contributed by atoms with E-state index in [1.807, 2.05) is 0 Å². The molecule has 0 radical (unpaired) electrons. The summed E-state index contributed by atoms with van der Waals surface area (Å²) in [6, 6.07) is 3.76. The van der Waals surface area contributed by atoms with Gasteiger partial charge in [-0.1, -0.05) is 6.92 Å². The van der Waals surface area contributed by atoms with Crippen molar-refractivity contribution in [3.8, 4) is 11.5 Å². The van der Waals surface area contributed by atoms with Gasteiger partial charge in [0.25, 0.3) is 5.91 Å². The Kier molecular flexibility index (Phi) is 4.06. The summed E-state index contributed by atoms with van der Waals surface area (Å²) in [6.45, 7) is 2.41. The lowest BCUT2D eigenvalue weighted by atomic mass is 9.77. The van der Waals surface area contributed by atoms with Gasteiger partial charge in [0, 0.05) is 19.2 Å². The largest absolute Gasteiger partial charge is 0.508 e. The van der Waals surface area contributed by atoms with E-state index >= 15 is 0 Å². The topological polar surface area (TPSA) is 98.1 Å². The normalized spacial score (nSPS) is 22.0. The molecule has 6 nitrogen and oxygen atoms in total. The van der Waals surface area contributed by atoms with Crippen molar-refractivity contribution >= 4 is 11.9 Å². The predicted octanol–water partition coefficient (Wildman–Crippen LogP) is 1.81. The van der Waals surface area contributed by atoms with Gasteiger partial charge in [-0.3, -0.25) is 9.59 Å². The summed E-state index contributed by atoms with van der Waals surface area (Å²) < 4.78 is 0. The molecule has 1 amide bonds. The van der Waals surface area contributed by atoms with Crippen molar-refractivity contribution in [1.29, 1.82) is 0 Å². The number of carbonyl (C=O) groups excluding carboxylic acids is 1. The van der Waals surface area contributed by atoms with E-state index in [-0.39, 0.29) is 23.6 Å². The fraction of sp³-hybridized carbons (Fsp3) is 0.467. The molecule has 0 aromatic heterocycles. The van der Waals surface area contributed by atoms with Gasteiger partial charge >= 0.3 is 5.97 Å². The van der Waals surface area contributed by atoms with Crippen LogP contribution in [-0.4, -0.2) is 45.2 Å². The lowest BCUT2D eigenvalue weighted by molar-refractivity contribution is -0.152. The molecule has 1 aliphatic heterocycles. The van der Waals surface area contributed by atoms with Crippen LogP contribution < -0.4 is 0 Å². The highest BCUT2D eigenvalue weighted by atomic mass is 16.4. The van der Waals surface area contributed by atoms with E-state index in [1.54, 1.807) is 6.92 Å². The first-order valence-corrected chi connectivity index (χ1v) is 6.94. The fourth-order valence-corrected chi connectivity index (χ4v) is 2.79. The van der Waals surface area contributed by atoms with Crippen molar-refractivity contribution < 1.29 is 24.9 Å². The van der Waals surface area contributed by atoms with Gasteiger partial charge in [-0.05, 0) is 31.4 Å². The highest BCUT2D eigenvalue weighted by Crippen LogP contribution is 2.35. The molecular weight excluding hydrogens is 274 g/mol. The molecule has 2 rings (SSSR count). The van der Waals surface area contributed by atoms with E-state index in [1.165, 1.54) is 17.0 Å². The second-order valence-corrected chi connectivity index (χ2v) is 5.47. The summed E-state index contributed by atoms with van der Waals surface area (Å²) in [4.78, 5) is 25.4. The minimum Gasteiger partial charge on any atom is -0.508 e. The van der Waals surface area contributed by atoms with Gasteiger partial charge in [0.05, 0.1) is 11.0 Å². The van der Waals surface area contributed by atoms with Gasteiger partial charge in [-0.25, -0.2) is 0 Å². The van der Waals surface area contributed by atoms with Crippen molar-refractivity contribution in [2.45, 2.75) is 26.2 Å². The molecule has 0 saturated carbocycles. The third-order valence-electron chi connectivity index (χ3n) is 4.21. The number of phenols is 2. The zero-order valence-corrected chi connectivity index (χ0v) is 11.9. The van der Waals surface area contributed by atoms with Crippen LogP contribution >= 0.6 is 0 Å². The Balaban J connectivity index is 2.25. The number of benzene rings is 1. The molecule has 1 aliphatic rings. The molecular formula is C15H19NO5. The first kappa shape index (κ1) is 15.2. The Labute approximate surface area is 122 Å². The molecule has 1 fully saturated rings. The van der Waals surface area contributed by atoms with Crippen LogP contribution in [0.5, 0.6) is 11.5 Å². The summed E-state index contributed by atoms with van der Waals surface area (Å²) in [5.41, 5.74) is -0.842. The molecule has 6 heteroatoms. The number of rotatable bonds is 3. The number of carboxylic acid groups (broad SMARTS) is 1. The Morgan fingerprint density at radius 2 is 2.05 bits per heavy atom. The first-order chi connectivity index (χ1) is 9.89. The second-order valence-electron chi connectivity index (χ2n) is 5.47. The highest BCUT2D eigenvalue weighted by Gasteiger charge is 2.42. The molecule has 0 spiro atoms. The zero-order chi connectivity index (χ0) is 15.6. The average molecular weight is 293 g/mol. The van der Waals surface area contributed by atoms with E-state index in [0.717, 1.165) is 6.07 Å². The number of carboxylic acids is 1. The Hall–Kier alpha value is -2.24. The first-order valence-electron chi connectivity index (χ1n) is 6.94. The van der Waals surface area contributed by atoms with Gasteiger partial charge in [0.2, 0.25) is 0 Å². The van der Waals surface area contributed by atoms with Crippen LogP contribution in [0.2, 0.25) is 0 Å². The number of hydrogen-bond acceptors (Lipinski definition) is 4. The van der Waals surface area contributed by atoms with Crippen molar-refractivity contribution in [3.63, 3.8) is 0 Å². The van der Waals surface area contributed by atoms with E-state index in [0.29, 0.717) is 25.8 Å². The van der Waals surface area contributed by atoms with Crippen LogP contribution in [0.3, 0.4) is 0 Å². The quantitative estimate of drug-likeness (QED) is 0.789. The molecule has 1 atom stereocenters. The summed E-state index contributed by atoms with van der Waals surface area (Å²) in [7, 11) is 0. The van der Waals surface area contributed by atoms with Crippen LogP contribution in [0.1, 0.15) is 36.5 Å². The molecule has 1 aromatic carbocycles. The number of aliphatic carboxylic acids is 1. The number of phenolic OH excluding ortho intramolecular Hbond substituents is 2. The third kappa shape index (κ3) is 2.79. The lowest BCUT2D eigenvalue weighted by Crippen LogP contribution is -2.49. The standard InChI is InChI=1S/C15H19NO5/c1-2-15(14(20)21)6-3-7-16(9-15)13(19)11-5-4-10(17)8-12(11)18/h4-5,8,17-18H,2-3,6-7,9H2,1H3,(H,20,21). The monoisotopic (exact) mass is 293 g/mol. The number of piperidine rings is 1. The molecule has 1 unspecified atom stereocenters. The van der Waals surface area contributed by atoms with Crippen molar-refractivity contribution in [2.24, 2.45) is 5.41 Å². The van der Waals surface area contributed by atoms with E-state index in [9.17, 15) is 24.9 Å². The molecule has 3 N–H and O–H groups in total. The zero-order valence-electron chi connectivity index (χ0n) is 11.9. The summed E-state index contributed by atoms with van der Waals surface area (Å²) in [5.74, 6) is -1.73. The van der Waals surface area contributed by atoms with Crippen LogP contribution in [0, 0.1) is 5.41 Å². The maximum absolute atomic E-state index is 12.4. The number of nitrogens with zero attached hydrogens (tertiary/aromatic N) is 1. The highest BCUT2D eigenvalue weighted by molar-refractivity contribution is 5.97. The van der Waals surface area contributed by atoms with Crippen LogP contribution in [0.15, 0.2) is 18.2 Å². The molecule has 1 aromatic rings. The Bertz CT molecular complexity index is 571. The SMILES string of the molecule is CCC1(C(=O)O)CCCN(C(=O)c2ccc(O)cc2O)C1. The van der Waals surface area contributed by atoms with Crippen molar-refractivity contribution in [1.82, 2.24) is 4.90 Å². The number of likely N-dealkylation sites (tertiary alicyclic amines) is 1. The van der Waals surface area contributed by atoms with E-state index in [4.69, 9.17) is 0 Å². The Morgan fingerprint density at radius 3 is 2.62 bits per heavy atom. The maximum Gasteiger partial charge on any atom is 0.311 e. The van der Waals surface area contributed by atoms with Gasteiger partial charge < -0.3 is 20.2 Å². The minimum absolute atomic E-state index is 0.0742. The smallest absolute Gasteiger partial charge is 0.311 e. The average Bonchev–Trinajstić information content (AvgIpc) is 2.46. The predicted molar refractivity (Wildman–Crippen MR) is 75.3 cm³/mol. The van der Waals surface area contributed by atoms with E-state index in [2.05, 4.69) is 0 Å². The van der Waals surface area contributed by atoms with Crippen LogP contribution in [-0.2, 0) is 4.79 Å². The molecule has 0 bridgehead atoms. The molecule has 0 aliphatic carbocycles. The van der Waals surface area contributed by atoms with Crippen LogP contribution in [0.25, 0.3) is 0 Å². The molecule has 21 heavy (non-hydrogen) atoms. The van der Waals surface area contributed by atoms with Gasteiger partial charge in [0.15, 0.2) is 0 Å². The van der Waals surface area contributed by atoms with Gasteiger partial charge in [-0.2, -0.15) is 0 Å². The Morgan fingerprint density at radius 1 is 1.33 bits per heavy atom. The van der Waals surface area contributed by atoms with Crippen molar-refractivity contribution in [3.05, 3.63) is 23.8 Å². The number of hydrogen-bond donors (Lipinski definition) is 3. The molecule has 1 heterocycles. The third-order valence-corrected chi connectivity index (χ3v) is 4.21.